The van der Waals surface area contributed by atoms with E-state index in [1.54, 1.807) is 4.90 Å². The normalized spacial score (nSPS) is 20.8. The van der Waals surface area contributed by atoms with Crippen molar-refractivity contribution in [1.82, 2.24) is 5.01 Å². The highest BCUT2D eigenvalue weighted by molar-refractivity contribution is 8.14. The van der Waals surface area contributed by atoms with Gasteiger partial charge in [0.1, 0.15) is 11.8 Å². The molecule has 1 atom stereocenters. The van der Waals surface area contributed by atoms with Crippen LogP contribution in [-0.4, -0.2) is 64.6 Å². The molecule has 0 aromatic heterocycles. The topological polar surface area (TPSA) is 97.9 Å². The molecule has 0 fully saturated rings. The van der Waals surface area contributed by atoms with Gasteiger partial charge in [-0.1, -0.05) is 30.0 Å². The Balaban J connectivity index is 1.43. The zero-order valence-corrected chi connectivity index (χ0v) is 14.7. The maximum Gasteiger partial charge on any atom is 0.264 e. The van der Waals surface area contributed by atoms with E-state index in [-0.39, 0.29) is 35.9 Å². The number of hydrogen-bond donors (Lipinski definition) is 1. The number of hydrogen-bond acceptors (Lipinski definition) is 7. The second kappa shape index (κ2) is 7.00. The Morgan fingerprint density at radius 3 is 3.00 bits per heavy atom. The summed E-state index contributed by atoms with van der Waals surface area (Å²) in [6, 6.07) is 7.86. The summed E-state index contributed by atoms with van der Waals surface area (Å²) in [4.78, 5) is 34.8. The summed E-state index contributed by atoms with van der Waals surface area (Å²) in [5, 5.41) is 14.9. The number of hydrazone groups is 1. The largest absolute Gasteiger partial charge is 0.394 e. The van der Waals surface area contributed by atoms with Gasteiger partial charge in [0.25, 0.3) is 5.91 Å². The van der Waals surface area contributed by atoms with Crippen molar-refractivity contribution in [3.8, 4) is 0 Å². The number of fused-ring (bicyclic) bond motifs is 2. The standard InChI is InChI=1S/C17H17N5O3S/c23-8-7-22-15-12(9-18-22)16(25)20-17(19-15)26-10-14(24)21-6-5-11-3-1-2-4-13(11)21/h1-4,9,12,23H,5-8,10H2. The molecule has 26 heavy (non-hydrogen) atoms. The van der Waals surface area contributed by atoms with E-state index >= 15 is 0 Å². The van der Waals surface area contributed by atoms with E-state index in [2.05, 4.69) is 15.1 Å². The van der Waals surface area contributed by atoms with E-state index in [4.69, 9.17) is 5.11 Å². The van der Waals surface area contributed by atoms with E-state index in [1.807, 2.05) is 24.3 Å². The number of nitrogens with zero attached hydrogens (tertiary/aromatic N) is 5. The highest BCUT2D eigenvalue weighted by Gasteiger charge is 2.35. The van der Waals surface area contributed by atoms with E-state index in [1.165, 1.54) is 16.8 Å². The maximum absolute atomic E-state index is 12.6. The van der Waals surface area contributed by atoms with Crippen LogP contribution >= 0.6 is 11.8 Å². The Hall–Kier alpha value is -2.52. The van der Waals surface area contributed by atoms with Crippen molar-refractivity contribution in [3.63, 3.8) is 0 Å². The molecule has 1 N–H and O–H groups in total. The number of carbonyl (C=O) groups is 2. The lowest BCUT2D eigenvalue weighted by molar-refractivity contribution is -0.118. The van der Waals surface area contributed by atoms with Gasteiger partial charge in [-0.25, -0.2) is 10.0 Å². The number of carbonyl (C=O) groups excluding carboxylic acids is 2. The minimum atomic E-state index is -0.591. The molecule has 9 heteroatoms. The van der Waals surface area contributed by atoms with Crippen molar-refractivity contribution in [3.05, 3.63) is 29.8 Å². The summed E-state index contributed by atoms with van der Waals surface area (Å²) in [7, 11) is 0. The van der Waals surface area contributed by atoms with Crippen molar-refractivity contribution < 1.29 is 14.7 Å². The molecule has 0 spiro atoms. The molecule has 2 amide bonds. The minimum Gasteiger partial charge on any atom is -0.394 e. The van der Waals surface area contributed by atoms with Gasteiger partial charge in [-0.15, -0.1) is 0 Å². The number of amides is 2. The fourth-order valence-corrected chi connectivity index (χ4v) is 3.88. The first-order valence-corrected chi connectivity index (χ1v) is 9.30. The van der Waals surface area contributed by atoms with Crippen molar-refractivity contribution in [1.29, 1.82) is 0 Å². The van der Waals surface area contributed by atoms with E-state index in [9.17, 15) is 9.59 Å². The van der Waals surface area contributed by atoms with Gasteiger partial charge >= 0.3 is 0 Å². The summed E-state index contributed by atoms with van der Waals surface area (Å²) in [5.41, 5.74) is 2.12. The number of aliphatic hydroxyl groups excluding tert-OH is 1. The fourth-order valence-electron chi connectivity index (χ4n) is 3.15. The smallest absolute Gasteiger partial charge is 0.264 e. The van der Waals surface area contributed by atoms with Crippen LogP contribution < -0.4 is 4.90 Å². The number of benzene rings is 1. The van der Waals surface area contributed by atoms with Crippen LogP contribution in [0.4, 0.5) is 5.69 Å². The molecule has 3 heterocycles. The monoisotopic (exact) mass is 371 g/mol. The lowest BCUT2D eigenvalue weighted by Gasteiger charge is -2.20. The number of β-amino-alcohol motifs (C(OH)–C–C–N with tert-alkyl or cyclic N) is 1. The SMILES string of the molecule is O=C1N=C(SCC(=O)N2CCc3ccccc32)N=C2C1C=NN2CCO. The molecule has 0 saturated carbocycles. The fraction of sp³-hybridized carbons (Fsp3) is 0.353. The average molecular weight is 371 g/mol. The summed E-state index contributed by atoms with van der Waals surface area (Å²) in [6.07, 6.45) is 2.33. The van der Waals surface area contributed by atoms with Crippen LogP contribution in [0, 0.1) is 5.92 Å². The Morgan fingerprint density at radius 1 is 1.31 bits per heavy atom. The van der Waals surface area contributed by atoms with E-state index in [0.29, 0.717) is 12.4 Å². The minimum absolute atomic E-state index is 0.0349. The van der Waals surface area contributed by atoms with Gasteiger partial charge in [0, 0.05) is 18.4 Å². The van der Waals surface area contributed by atoms with Crippen molar-refractivity contribution in [2.45, 2.75) is 6.42 Å². The molecular formula is C17H17N5O3S. The molecule has 0 saturated heterocycles. The third-order valence-electron chi connectivity index (χ3n) is 4.40. The van der Waals surface area contributed by atoms with Gasteiger partial charge in [-0.05, 0) is 18.1 Å². The number of anilines is 1. The molecule has 3 aliphatic rings. The number of aliphatic hydroxyl groups is 1. The van der Waals surface area contributed by atoms with Crippen molar-refractivity contribution in [2.75, 3.05) is 30.3 Å². The molecule has 1 aromatic carbocycles. The van der Waals surface area contributed by atoms with Gasteiger partial charge in [0.15, 0.2) is 5.17 Å². The lowest BCUT2D eigenvalue weighted by Crippen LogP contribution is -2.36. The molecule has 1 aromatic rings. The van der Waals surface area contributed by atoms with Crippen molar-refractivity contribution >= 4 is 46.5 Å². The van der Waals surface area contributed by atoms with Gasteiger partial charge in [0.05, 0.1) is 18.9 Å². The second-order valence-electron chi connectivity index (χ2n) is 6.00. The number of rotatable bonds is 4. The predicted octanol–water partition coefficient (Wildman–Crippen LogP) is 0.513. The Kier molecular flexibility index (Phi) is 4.56. The first-order chi connectivity index (χ1) is 12.7. The first kappa shape index (κ1) is 16.9. The van der Waals surface area contributed by atoms with Gasteiger partial charge < -0.3 is 10.0 Å². The van der Waals surface area contributed by atoms with Crippen LogP contribution in [0.5, 0.6) is 0 Å². The highest BCUT2D eigenvalue weighted by atomic mass is 32.2. The zero-order chi connectivity index (χ0) is 18.1. The second-order valence-corrected chi connectivity index (χ2v) is 6.95. The molecular weight excluding hydrogens is 354 g/mol. The molecule has 134 valence electrons. The summed E-state index contributed by atoms with van der Waals surface area (Å²) >= 11 is 1.15. The van der Waals surface area contributed by atoms with Crippen LogP contribution in [-0.2, 0) is 16.0 Å². The highest BCUT2D eigenvalue weighted by Crippen LogP contribution is 2.28. The van der Waals surface area contributed by atoms with Gasteiger partial charge in [0.2, 0.25) is 5.91 Å². The summed E-state index contributed by atoms with van der Waals surface area (Å²) in [6.45, 7) is 0.836. The van der Waals surface area contributed by atoms with Crippen LogP contribution in [0.1, 0.15) is 5.56 Å². The molecule has 4 rings (SSSR count). The lowest BCUT2D eigenvalue weighted by atomic mass is 10.1. The van der Waals surface area contributed by atoms with Crippen LogP contribution in [0.3, 0.4) is 0 Å². The summed E-state index contributed by atoms with van der Waals surface area (Å²) < 4.78 is 0. The predicted molar refractivity (Wildman–Crippen MR) is 101 cm³/mol. The number of aliphatic imine (C=N–C) groups is 2. The average Bonchev–Trinajstić information content (AvgIpc) is 3.25. The van der Waals surface area contributed by atoms with Gasteiger partial charge in [-0.3, -0.25) is 9.59 Å². The van der Waals surface area contributed by atoms with Crippen LogP contribution in [0.15, 0.2) is 39.4 Å². The summed E-state index contributed by atoms with van der Waals surface area (Å²) in [5.74, 6) is -0.358. The number of amidine groups is 2. The molecule has 0 bridgehead atoms. The molecule has 8 nitrogen and oxygen atoms in total. The van der Waals surface area contributed by atoms with Gasteiger partial charge in [-0.2, -0.15) is 10.1 Å². The first-order valence-electron chi connectivity index (χ1n) is 8.32. The molecule has 0 aliphatic carbocycles. The molecule has 3 aliphatic heterocycles. The number of thioether (sulfide) groups is 1. The third kappa shape index (κ3) is 3.04. The Bertz CT molecular complexity index is 851. The van der Waals surface area contributed by atoms with Crippen molar-refractivity contribution in [2.24, 2.45) is 21.0 Å². The molecule has 0 radical (unpaired) electrons. The molecule has 1 unspecified atom stereocenters. The van der Waals surface area contributed by atoms with E-state index < -0.39 is 5.92 Å². The number of para-hydroxylation sites is 1. The Morgan fingerprint density at radius 2 is 2.15 bits per heavy atom. The third-order valence-corrected chi connectivity index (χ3v) is 5.24. The van der Waals surface area contributed by atoms with Crippen LogP contribution in [0.25, 0.3) is 0 Å². The quantitative estimate of drug-likeness (QED) is 0.832. The van der Waals surface area contributed by atoms with Crippen LogP contribution in [0.2, 0.25) is 0 Å². The van der Waals surface area contributed by atoms with E-state index in [0.717, 1.165) is 23.9 Å². The maximum atomic E-state index is 12.6. The zero-order valence-electron chi connectivity index (χ0n) is 13.9. The Labute approximate surface area is 154 Å².